The lowest BCUT2D eigenvalue weighted by molar-refractivity contribution is -0.354. The summed E-state index contributed by atoms with van der Waals surface area (Å²) in [7, 11) is 0. The maximum Gasteiger partial charge on any atom is 0.187 e. The van der Waals surface area contributed by atoms with Gasteiger partial charge in [0.25, 0.3) is 0 Å². The van der Waals surface area contributed by atoms with E-state index in [4.69, 9.17) is 18.9 Å². The summed E-state index contributed by atoms with van der Waals surface area (Å²) in [6.07, 6.45) is -13.5. The third kappa shape index (κ3) is 7.04. The zero-order chi connectivity index (χ0) is 39.9. The fourth-order valence-corrected chi connectivity index (χ4v) is 11.0. The first kappa shape index (κ1) is 42.4. The number of aliphatic hydroxyl groups is 11. The second-order valence-corrected chi connectivity index (χ2v) is 18.4. The number of aliphatic hydroxyl groups excluding tert-OH is 8. The van der Waals surface area contributed by atoms with Crippen LogP contribution >= 0.6 is 0 Å². The molecule has 2 saturated heterocycles. The molecule has 4 aliphatic carbocycles. The van der Waals surface area contributed by atoms with Crippen molar-refractivity contribution in [3.63, 3.8) is 0 Å². The lowest BCUT2D eigenvalue weighted by Gasteiger charge is -2.61. The topological polar surface area (TPSA) is 277 Å². The van der Waals surface area contributed by atoms with Crippen LogP contribution in [0.1, 0.15) is 86.0 Å². The first-order chi connectivity index (χ1) is 25.0. The molecule has 0 amide bonds. The molecule has 0 bridgehead atoms. The molecule has 310 valence electrons. The third-order valence-corrected chi connectivity index (χ3v) is 14.4. The number of carbonyl (C=O) groups is 1. The van der Waals surface area contributed by atoms with Gasteiger partial charge in [0.2, 0.25) is 0 Å². The Morgan fingerprint density at radius 1 is 0.907 bits per heavy atom. The summed E-state index contributed by atoms with van der Waals surface area (Å²) in [5.41, 5.74) is -5.10. The van der Waals surface area contributed by atoms with Crippen molar-refractivity contribution in [2.24, 2.45) is 28.6 Å². The minimum absolute atomic E-state index is 0.0601. The average molecular weight is 775 g/mol. The number of hydrogen-bond acceptors (Lipinski definition) is 16. The highest BCUT2D eigenvalue weighted by Gasteiger charge is 2.69. The first-order valence-corrected chi connectivity index (χ1v) is 19.4. The Bertz CT molecular complexity index is 1400. The maximum absolute atomic E-state index is 14.1. The van der Waals surface area contributed by atoms with Crippen LogP contribution in [0, 0.1) is 28.6 Å². The summed E-state index contributed by atoms with van der Waals surface area (Å²) in [5.74, 6) is -1.64. The van der Waals surface area contributed by atoms with Gasteiger partial charge in [-0.25, -0.2) is 0 Å². The van der Waals surface area contributed by atoms with Gasteiger partial charge in [-0.2, -0.15) is 0 Å². The second kappa shape index (κ2) is 14.9. The van der Waals surface area contributed by atoms with E-state index >= 15 is 0 Å². The summed E-state index contributed by atoms with van der Waals surface area (Å²) < 4.78 is 22.7. The summed E-state index contributed by atoms with van der Waals surface area (Å²) in [6, 6.07) is 0. The van der Waals surface area contributed by atoms with Gasteiger partial charge in [0.15, 0.2) is 18.4 Å². The van der Waals surface area contributed by atoms with Gasteiger partial charge in [-0.3, -0.25) is 4.79 Å². The summed E-state index contributed by atoms with van der Waals surface area (Å²) in [4.78, 5) is 14.1. The molecular formula is C38H62O16. The Hall–Kier alpha value is -1.19. The van der Waals surface area contributed by atoms with Gasteiger partial charge in [-0.1, -0.05) is 13.8 Å². The van der Waals surface area contributed by atoms with E-state index in [9.17, 15) is 61.0 Å². The number of fused-ring (bicyclic) bond motifs is 5. The van der Waals surface area contributed by atoms with E-state index in [1.54, 1.807) is 20.8 Å². The molecule has 5 fully saturated rings. The molecule has 0 aromatic heterocycles. The molecule has 0 aromatic rings. The number of allylic oxidation sites excluding steroid dienone is 1. The molecule has 3 saturated carbocycles. The molecular weight excluding hydrogens is 712 g/mol. The van der Waals surface area contributed by atoms with E-state index in [0.29, 0.717) is 24.8 Å². The highest BCUT2D eigenvalue weighted by Crippen LogP contribution is 2.68. The van der Waals surface area contributed by atoms with Gasteiger partial charge < -0.3 is 75.1 Å². The van der Waals surface area contributed by atoms with Gasteiger partial charge in [0, 0.05) is 11.3 Å². The van der Waals surface area contributed by atoms with Crippen molar-refractivity contribution in [3.05, 3.63) is 11.6 Å². The Morgan fingerprint density at radius 2 is 1.59 bits per heavy atom. The molecule has 0 radical (unpaired) electrons. The Kier molecular flexibility index (Phi) is 11.7. The van der Waals surface area contributed by atoms with Crippen LogP contribution in [0.4, 0.5) is 0 Å². The zero-order valence-electron chi connectivity index (χ0n) is 31.8. The van der Waals surface area contributed by atoms with Crippen molar-refractivity contribution in [1.29, 1.82) is 0 Å². The highest BCUT2D eigenvalue weighted by atomic mass is 16.7. The number of hydrogen-bond donors (Lipinski definition) is 11. The molecule has 0 unspecified atom stereocenters. The van der Waals surface area contributed by atoms with Crippen molar-refractivity contribution in [2.75, 3.05) is 13.2 Å². The van der Waals surface area contributed by atoms with Gasteiger partial charge in [0.1, 0.15) is 42.7 Å². The predicted octanol–water partition coefficient (Wildman–Crippen LogP) is -1.86. The van der Waals surface area contributed by atoms with E-state index in [1.807, 2.05) is 13.8 Å². The van der Waals surface area contributed by atoms with Crippen LogP contribution in [0.25, 0.3) is 0 Å². The molecule has 2 heterocycles. The SMILES string of the molecule is CC(C)(O)CC[C@@H](O)[C@](C)(O)[C@H]1CC[C@@]2(O)C3=CC(=O)[C@@H]4C[C@@H](O[C@@H]5OC[C@@H](O)[C@H](O[C@@H]6O[C@H](CO)[C@@H](O)[C@H](O)[C@H]6O)[C@H]5O)[C@@H](O)C[C@]4(C)[C@H]3CC[C@]12C. The van der Waals surface area contributed by atoms with Crippen molar-refractivity contribution < 1.29 is 79.9 Å². The molecule has 6 rings (SSSR count). The van der Waals surface area contributed by atoms with Crippen molar-refractivity contribution >= 4 is 5.78 Å². The Balaban J connectivity index is 1.17. The molecule has 19 atom stereocenters. The van der Waals surface area contributed by atoms with Crippen LogP contribution < -0.4 is 0 Å². The summed E-state index contributed by atoms with van der Waals surface area (Å²) in [5, 5.41) is 119. The molecule has 2 aliphatic heterocycles. The maximum atomic E-state index is 14.1. The number of ketones is 1. The monoisotopic (exact) mass is 774 g/mol. The van der Waals surface area contributed by atoms with E-state index in [1.165, 1.54) is 6.08 Å². The van der Waals surface area contributed by atoms with Crippen LogP contribution in [0.15, 0.2) is 11.6 Å². The Labute approximate surface area is 315 Å². The molecule has 54 heavy (non-hydrogen) atoms. The average Bonchev–Trinajstić information content (AvgIpc) is 3.38. The largest absolute Gasteiger partial charge is 0.394 e. The smallest absolute Gasteiger partial charge is 0.187 e. The van der Waals surface area contributed by atoms with Crippen LogP contribution in [-0.2, 0) is 23.7 Å². The lowest BCUT2D eigenvalue weighted by atomic mass is 9.45. The molecule has 6 aliphatic rings. The number of rotatable bonds is 10. The summed E-state index contributed by atoms with van der Waals surface area (Å²) >= 11 is 0. The quantitative estimate of drug-likeness (QED) is 0.116. The summed E-state index contributed by atoms with van der Waals surface area (Å²) in [6.45, 7) is 7.63. The van der Waals surface area contributed by atoms with Gasteiger partial charge >= 0.3 is 0 Å². The molecule has 16 nitrogen and oxygen atoms in total. The minimum Gasteiger partial charge on any atom is -0.394 e. The normalized spacial score (nSPS) is 50.0. The first-order valence-electron chi connectivity index (χ1n) is 19.4. The van der Waals surface area contributed by atoms with Crippen LogP contribution in [-0.4, -0.2) is 166 Å². The predicted molar refractivity (Wildman–Crippen MR) is 186 cm³/mol. The Morgan fingerprint density at radius 3 is 2.24 bits per heavy atom. The van der Waals surface area contributed by atoms with Crippen molar-refractivity contribution in [3.8, 4) is 0 Å². The van der Waals surface area contributed by atoms with Crippen molar-refractivity contribution in [1.82, 2.24) is 0 Å². The van der Waals surface area contributed by atoms with E-state index in [2.05, 4.69) is 0 Å². The highest BCUT2D eigenvalue weighted by molar-refractivity contribution is 5.95. The fraction of sp³-hybridized carbons (Fsp3) is 0.921. The third-order valence-electron chi connectivity index (χ3n) is 14.4. The molecule has 11 N–H and O–H groups in total. The standard InChI is InChI=1S/C38H62O16/c1-34(2,48)9-8-26(43)37(5,49)25-7-11-38(50)18-12-20(40)19-13-23(21(41)14-35(19,3)17(18)6-10-36(25,38)4)52-32-30(47)31(22(42)16-51-32)54-33-29(46)28(45)27(44)24(15-39)53-33/h12,17,19,21-33,39,41-50H,6-11,13-16H2,1-5H3/t17-,19-,21-,22+,23+,24+,25-,26+,27+,28-,29+,30+,31-,32-,33-,35+,36+,37+,38+/m0/s1. The van der Waals surface area contributed by atoms with Gasteiger partial charge in [-0.05, 0) is 101 Å². The van der Waals surface area contributed by atoms with Crippen molar-refractivity contribution in [2.45, 2.75) is 176 Å². The zero-order valence-corrected chi connectivity index (χ0v) is 31.8. The molecule has 0 spiro atoms. The number of carbonyl (C=O) groups excluding carboxylic acids is 1. The molecule has 16 heteroatoms. The fourth-order valence-electron chi connectivity index (χ4n) is 11.0. The van der Waals surface area contributed by atoms with E-state index < -0.39 is 120 Å². The van der Waals surface area contributed by atoms with E-state index in [-0.39, 0.29) is 50.4 Å². The van der Waals surface area contributed by atoms with Gasteiger partial charge in [0.05, 0.1) is 48.3 Å². The van der Waals surface area contributed by atoms with E-state index in [0.717, 1.165) is 0 Å². The van der Waals surface area contributed by atoms with Crippen LogP contribution in [0.5, 0.6) is 0 Å². The minimum atomic E-state index is -1.78. The lowest BCUT2D eigenvalue weighted by Crippen LogP contribution is -2.64. The van der Waals surface area contributed by atoms with Gasteiger partial charge in [-0.15, -0.1) is 0 Å². The van der Waals surface area contributed by atoms with Crippen LogP contribution in [0.2, 0.25) is 0 Å². The van der Waals surface area contributed by atoms with Crippen LogP contribution in [0.3, 0.4) is 0 Å². The molecule has 0 aromatic carbocycles. The number of ether oxygens (including phenoxy) is 4. The second-order valence-electron chi connectivity index (χ2n) is 18.4.